The van der Waals surface area contributed by atoms with Gasteiger partial charge >= 0.3 is 0 Å². The zero-order valence-electron chi connectivity index (χ0n) is 14.1. The van der Waals surface area contributed by atoms with E-state index in [-0.39, 0.29) is 48.9 Å². The van der Waals surface area contributed by atoms with E-state index in [4.69, 9.17) is 30.0 Å². The maximum atomic E-state index is 10.6. The molecule has 0 bridgehead atoms. The standard InChI is InChI=1S/C14H24N2O8S2/c15-11-9-12(16)14(24-6-2-4-8-26(20,21)22)10-13(11)23-5-1-3-7-25(17,18)19/h9-10H,1-8,15-16H2,(H,17,18,19)(H,20,21,22). The van der Waals surface area contributed by atoms with Gasteiger partial charge in [0.15, 0.2) is 0 Å². The molecule has 1 aromatic rings. The average Bonchev–Trinajstić information content (AvgIpc) is 2.47. The van der Waals surface area contributed by atoms with Gasteiger partial charge in [0.25, 0.3) is 20.2 Å². The van der Waals surface area contributed by atoms with Crippen molar-refractivity contribution < 1.29 is 35.4 Å². The molecular formula is C14H24N2O8S2. The van der Waals surface area contributed by atoms with Crippen molar-refractivity contribution in [1.82, 2.24) is 0 Å². The van der Waals surface area contributed by atoms with Gasteiger partial charge in [-0.2, -0.15) is 16.8 Å². The van der Waals surface area contributed by atoms with Crippen LogP contribution >= 0.6 is 0 Å². The van der Waals surface area contributed by atoms with Crippen LogP contribution in [-0.4, -0.2) is 50.7 Å². The first-order valence-corrected chi connectivity index (χ1v) is 11.0. The molecule has 150 valence electrons. The van der Waals surface area contributed by atoms with E-state index < -0.39 is 20.2 Å². The van der Waals surface area contributed by atoms with Crippen molar-refractivity contribution in [3.05, 3.63) is 12.1 Å². The predicted molar refractivity (Wildman–Crippen MR) is 97.6 cm³/mol. The van der Waals surface area contributed by atoms with Gasteiger partial charge in [0, 0.05) is 6.07 Å². The van der Waals surface area contributed by atoms with Gasteiger partial charge in [-0.1, -0.05) is 0 Å². The predicted octanol–water partition coefficient (Wildman–Crippen LogP) is 0.945. The van der Waals surface area contributed by atoms with Crippen molar-refractivity contribution in [3.63, 3.8) is 0 Å². The number of unbranched alkanes of at least 4 members (excludes halogenated alkanes) is 2. The Hall–Kier alpha value is -1.76. The van der Waals surface area contributed by atoms with Gasteiger partial charge < -0.3 is 20.9 Å². The molecule has 0 atom stereocenters. The van der Waals surface area contributed by atoms with Crippen LogP contribution in [0.1, 0.15) is 25.7 Å². The second kappa shape index (κ2) is 9.80. The maximum absolute atomic E-state index is 10.6. The first-order chi connectivity index (χ1) is 12.0. The number of hydrogen-bond donors (Lipinski definition) is 4. The smallest absolute Gasteiger partial charge is 0.264 e. The lowest BCUT2D eigenvalue weighted by Gasteiger charge is -2.14. The highest BCUT2D eigenvalue weighted by Crippen LogP contribution is 2.33. The van der Waals surface area contributed by atoms with Gasteiger partial charge in [0.2, 0.25) is 0 Å². The summed E-state index contributed by atoms with van der Waals surface area (Å²) in [5, 5.41) is 0. The minimum absolute atomic E-state index is 0.192. The lowest BCUT2D eigenvalue weighted by Crippen LogP contribution is -2.08. The summed E-state index contributed by atoms with van der Waals surface area (Å²) in [6.45, 7) is 0.384. The van der Waals surface area contributed by atoms with Crippen LogP contribution in [0.25, 0.3) is 0 Å². The molecule has 0 heterocycles. The molecule has 1 aromatic carbocycles. The second-order valence-electron chi connectivity index (χ2n) is 5.61. The van der Waals surface area contributed by atoms with Crippen LogP contribution in [0.3, 0.4) is 0 Å². The van der Waals surface area contributed by atoms with E-state index in [1.165, 1.54) is 12.1 Å². The first kappa shape index (κ1) is 22.3. The van der Waals surface area contributed by atoms with Crippen molar-refractivity contribution in [2.75, 3.05) is 36.2 Å². The van der Waals surface area contributed by atoms with E-state index in [1.54, 1.807) is 0 Å². The van der Waals surface area contributed by atoms with Crippen molar-refractivity contribution in [1.29, 1.82) is 0 Å². The lowest BCUT2D eigenvalue weighted by atomic mass is 10.2. The summed E-state index contributed by atoms with van der Waals surface area (Å²) in [7, 11) is -7.97. The lowest BCUT2D eigenvalue weighted by molar-refractivity contribution is 0.296. The Bertz CT molecular complexity index is 730. The van der Waals surface area contributed by atoms with E-state index in [0.717, 1.165) is 0 Å². The van der Waals surface area contributed by atoms with Crippen molar-refractivity contribution in [2.24, 2.45) is 0 Å². The normalized spacial score (nSPS) is 12.1. The summed E-state index contributed by atoms with van der Waals surface area (Å²) in [6.07, 6.45) is 1.28. The number of rotatable bonds is 12. The quantitative estimate of drug-likeness (QED) is 0.219. The van der Waals surface area contributed by atoms with Crippen LogP contribution in [0.15, 0.2) is 12.1 Å². The Labute approximate surface area is 153 Å². The van der Waals surface area contributed by atoms with E-state index in [0.29, 0.717) is 24.3 Å². The zero-order chi connectivity index (χ0) is 19.8. The third-order valence-electron chi connectivity index (χ3n) is 3.25. The number of hydrogen-bond acceptors (Lipinski definition) is 8. The first-order valence-electron chi connectivity index (χ1n) is 7.83. The second-order valence-corrected chi connectivity index (χ2v) is 8.76. The molecule has 0 radical (unpaired) electrons. The summed E-state index contributed by atoms with van der Waals surface area (Å²) in [5.41, 5.74) is 12.2. The molecule has 0 aliphatic carbocycles. The Balaban J connectivity index is 2.49. The molecule has 0 fully saturated rings. The fraction of sp³-hybridized carbons (Fsp3) is 0.571. The Morgan fingerprint density at radius 3 is 1.46 bits per heavy atom. The fourth-order valence-electron chi connectivity index (χ4n) is 1.98. The number of benzene rings is 1. The SMILES string of the molecule is Nc1cc(N)c(OCCCCS(=O)(=O)O)cc1OCCCCS(=O)(=O)O. The Morgan fingerprint density at radius 2 is 1.12 bits per heavy atom. The minimum atomic E-state index is -3.98. The number of ether oxygens (including phenoxy) is 2. The van der Waals surface area contributed by atoms with Crippen molar-refractivity contribution in [2.45, 2.75) is 25.7 Å². The van der Waals surface area contributed by atoms with Gasteiger partial charge in [-0.15, -0.1) is 0 Å². The van der Waals surface area contributed by atoms with E-state index >= 15 is 0 Å². The number of nitrogens with two attached hydrogens (primary N) is 2. The van der Waals surface area contributed by atoms with Crippen molar-refractivity contribution >= 4 is 31.6 Å². The highest BCUT2D eigenvalue weighted by molar-refractivity contribution is 7.86. The molecule has 26 heavy (non-hydrogen) atoms. The number of anilines is 2. The third kappa shape index (κ3) is 9.65. The summed E-state index contributed by atoms with van der Waals surface area (Å²) in [4.78, 5) is 0. The van der Waals surface area contributed by atoms with Crippen LogP contribution in [-0.2, 0) is 20.2 Å². The van der Waals surface area contributed by atoms with E-state index in [1.807, 2.05) is 0 Å². The van der Waals surface area contributed by atoms with E-state index in [9.17, 15) is 16.8 Å². The van der Waals surface area contributed by atoms with Crippen LogP contribution < -0.4 is 20.9 Å². The molecule has 12 heteroatoms. The topological polar surface area (TPSA) is 179 Å². The van der Waals surface area contributed by atoms with Gasteiger partial charge in [-0.25, -0.2) is 0 Å². The summed E-state index contributed by atoms with van der Waals surface area (Å²) in [6, 6.07) is 2.96. The Morgan fingerprint density at radius 1 is 0.731 bits per heavy atom. The largest absolute Gasteiger partial charge is 0.491 e. The molecule has 6 N–H and O–H groups in total. The molecule has 0 unspecified atom stereocenters. The van der Waals surface area contributed by atoms with Gasteiger partial charge in [-0.3, -0.25) is 9.11 Å². The fourth-order valence-corrected chi connectivity index (χ4v) is 3.12. The summed E-state index contributed by atoms with van der Waals surface area (Å²) >= 11 is 0. The average molecular weight is 412 g/mol. The molecule has 0 spiro atoms. The molecule has 0 aliphatic heterocycles. The molecule has 10 nitrogen and oxygen atoms in total. The molecule has 0 aromatic heterocycles. The molecule has 0 saturated carbocycles. The molecule has 1 rings (SSSR count). The third-order valence-corrected chi connectivity index (χ3v) is 4.86. The molecule has 0 aliphatic rings. The molecule has 0 amide bonds. The van der Waals surface area contributed by atoms with Gasteiger partial charge in [0.1, 0.15) is 11.5 Å². The molecule has 0 saturated heterocycles. The number of nitrogen functional groups attached to an aromatic ring is 2. The Kier molecular flexibility index (Phi) is 8.40. The van der Waals surface area contributed by atoms with Crippen LogP contribution in [0, 0.1) is 0 Å². The van der Waals surface area contributed by atoms with Crippen LogP contribution in [0.2, 0.25) is 0 Å². The highest BCUT2D eigenvalue weighted by atomic mass is 32.2. The summed E-state index contributed by atoms with van der Waals surface area (Å²) < 4.78 is 70.7. The minimum Gasteiger partial charge on any atom is -0.491 e. The molecular weight excluding hydrogens is 388 g/mol. The zero-order valence-corrected chi connectivity index (χ0v) is 15.8. The van der Waals surface area contributed by atoms with Gasteiger partial charge in [-0.05, 0) is 31.7 Å². The van der Waals surface area contributed by atoms with Crippen LogP contribution in [0.5, 0.6) is 11.5 Å². The van der Waals surface area contributed by atoms with Crippen molar-refractivity contribution in [3.8, 4) is 11.5 Å². The highest BCUT2D eigenvalue weighted by Gasteiger charge is 2.10. The summed E-state index contributed by atoms with van der Waals surface area (Å²) in [5.74, 6) is -0.0465. The maximum Gasteiger partial charge on any atom is 0.264 e. The van der Waals surface area contributed by atoms with Gasteiger partial charge in [0.05, 0.1) is 36.1 Å². The van der Waals surface area contributed by atoms with Crippen LogP contribution in [0.4, 0.5) is 11.4 Å². The monoisotopic (exact) mass is 412 g/mol. The van der Waals surface area contributed by atoms with E-state index in [2.05, 4.69) is 0 Å².